The number of fused-ring (bicyclic) bond motifs is 1. The molecule has 1 aromatic carbocycles. The zero-order valence-electron chi connectivity index (χ0n) is 9.72. The number of aromatic nitrogens is 1. The van der Waals surface area contributed by atoms with Crippen molar-refractivity contribution in [3.05, 3.63) is 35.5 Å². The van der Waals surface area contributed by atoms with Gasteiger partial charge in [-0.15, -0.1) is 0 Å². The molecular weight excluding hydrogens is 196 g/mol. The van der Waals surface area contributed by atoms with Crippen LogP contribution in [0.15, 0.2) is 24.4 Å². The number of benzene rings is 1. The van der Waals surface area contributed by atoms with Gasteiger partial charge >= 0.3 is 0 Å². The largest absolute Gasteiger partial charge is 0.361 e. The van der Waals surface area contributed by atoms with Gasteiger partial charge in [-0.1, -0.05) is 19.1 Å². The van der Waals surface area contributed by atoms with E-state index in [1.54, 1.807) is 0 Å². The molecule has 1 aliphatic rings. The lowest BCUT2D eigenvalue weighted by molar-refractivity contribution is 0.711. The van der Waals surface area contributed by atoms with Gasteiger partial charge in [0.2, 0.25) is 0 Å². The highest BCUT2D eigenvalue weighted by molar-refractivity contribution is 5.85. The Balaban J connectivity index is 2.14. The molecule has 2 nitrogen and oxygen atoms in total. The van der Waals surface area contributed by atoms with Crippen molar-refractivity contribution in [2.24, 2.45) is 5.73 Å². The summed E-state index contributed by atoms with van der Waals surface area (Å²) >= 11 is 0. The summed E-state index contributed by atoms with van der Waals surface area (Å²) < 4.78 is 0. The number of aryl methyl sites for hydroxylation is 1. The minimum Gasteiger partial charge on any atom is -0.361 e. The monoisotopic (exact) mass is 214 g/mol. The van der Waals surface area contributed by atoms with Gasteiger partial charge in [0.25, 0.3) is 0 Å². The lowest BCUT2D eigenvalue weighted by Crippen LogP contribution is -2.19. The van der Waals surface area contributed by atoms with Gasteiger partial charge in [0.1, 0.15) is 0 Å². The zero-order valence-corrected chi connectivity index (χ0v) is 9.72. The van der Waals surface area contributed by atoms with E-state index in [-0.39, 0.29) is 5.41 Å². The van der Waals surface area contributed by atoms with Crippen LogP contribution in [0.2, 0.25) is 0 Å². The zero-order chi connectivity index (χ0) is 11.2. The first kappa shape index (κ1) is 9.91. The van der Waals surface area contributed by atoms with Crippen LogP contribution in [0.5, 0.6) is 0 Å². The van der Waals surface area contributed by atoms with Crippen LogP contribution in [0, 0.1) is 0 Å². The first-order chi connectivity index (χ1) is 7.79. The van der Waals surface area contributed by atoms with E-state index in [9.17, 15) is 0 Å². The van der Waals surface area contributed by atoms with E-state index in [1.165, 1.54) is 34.9 Å². The van der Waals surface area contributed by atoms with E-state index in [1.807, 2.05) is 0 Å². The number of hydrogen-bond donors (Lipinski definition) is 2. The summed E-state index contributed by atoms with van der Waals surface area (Å²) in [6.07, 6.45) is 5.73. The molecule has 84 valence electrons. The van der Waals surface area contributed by atoms with Crippen LogP contribution in [0.4, 0.5) is 0 Å². The fourth-order valence-electron chi connectivity index (χ4n) is 2.57. The number of hydrogen-bond acceptors (Lipinski definition) is 1. The maximum Gasteiger partial charge on any atom is 0.0459 e. The smallest absolute Gasteiger partial charge is 0.0459 e. The van der Waals surface area contributed by atoms with Crippen molar-refractivity contribution in [1.29, 1.82) is 0 Å². The first-order valence-electron chi connectivity index (χ1n) is 6.09. The van der Waals surface area contributed by atoms with Crippen molar-refractivity contribution in [2.75, 3.05) is 6.54 Å². The fourth-order valence-corrected chi connectivity index (χ4v) is 2.57. The Morgan fingerprint density at radius 1 is 1.38 bits per heavy atom. The second-order valence-electron chi connectivity index (χ2n) is 4.92. The van der Waals surface area contributed by atoms with Crippen LogP contribution in [0.1, 0.15) is 30.9 Å². The molecule has 0 aliphatic heterocycles. The molecule has 0 saturated heterocycles. The lowest BCUT2D eigenvalue weighted by Gasteiger charge is -2.10. The molecule has 1 saturated carbocycles. The molecule has 2 aromatic rings. The molecule has 2 heteroatoms. The molecule has 3 N–H and O–H groups in total. The van der Waals surface area contributed by atoms with Crippen molar-refractivity contribution < 1.29 is 0 Å². The van der Waals surface area contributed by atoms with Gasteiger partial charge in [0.05, 0.1) is 0 Å². The number of nitrogens with one attached hydrogen (secondary N) is 1. The van der Waals surface area contributed by atoms with Crippen molar-refractivity contribution >= 4 is 10.9 Å². The molecule has 1 fully saturated rings. The SMILES string of the molecule is CCc1ccc2c(C3(CN)CC3)c[nH]c2c1. The minimum atomic E-state index is 0.284. The van der Waals surface area contributed by atoms with Crippen LogP contribution in [0.3, 0.4) is 0 Å². The third-order valence-corrected chi connectivity index (χ3v) is 3.97. The quantitative estimate of drug-likeness (QED) is 0.810. The molecule has 0 bridgehead atoms. The predicted molar refractivity (Wildman–Crippen MR) is 67.6 cm³/mol. The van der Waals surface area contributed by atoms with Gasteiger partial charge in [-0.05, 0) is 36.5 Å². The summed E-state index contributed by atoms with van der Waals surface area (Å²) in [4.78, 5) is 3.39. The van der Waals surface area contributed by atoms with Gasteiger partial charge in [0, 0.05) is 29.1 Å². The summed E-state index contributed by atoms with van der Waals surface area (Å²) in [6, 6.07) is 6.73. The average molecular weight is 214 g/mol. The first-order valence-corrected chi connectivity index (χ1v) is 6.09. The molecule has 1 aromatic heterocycles. The van der Waals surface area contributed by atoms with Crippen molar-refractivity contribution in [1.82, 2.24) is 4.98 Å². The summed E-state index contributed by atoms with van der Waals surface area (Å²) in [5, 5.41) is 1.36. The highest BCUT2D eigenvalue weighted by Crippen LogP contribution is 2.49. The maximum absolute atomic E-state index is 5.89. The molecule has 0 atom stereocenters. The van der Waals surface area contributed by atoms with Crippen molar-refractivity contribution in [2.45, 2.75) is 31.6 Å². The van der Waals surface area contributed by atoms with Gasteiger partial charge in [0.15, 0.2) is 0 Å². The summed E-state index contributed by atoms with van der Waals surface area (Å²) in [5.41, 5.74) is 10.2. The molecule has 3 rings (SSSR count). The molecular formula is C14H18N2. The minimum absolute atomic E-state index is 0.284. The van der Waals surface area contributed by atoms with E-state index < -0.39 is 0 Å². The standard InChI is InChI=1S/C14H18N2/c1-2-10-3-4-11-12(8-16-13(11)7-10)14(9-15)5-6-14/h3-4,7-8,16H,2,5-6,9,15H2,1H3. The van der Waals surface area contributed by atoms with E-state index in [0.29, 0.717) is 0 Å². The number of nitrogens with two attached hydrogens (primary N) is 1. The van der Waals surface area contributed by atoms with Gasteiger partial charge in [-0.25, -0.2) is 0 Å². The van der Waals surface area contributed by atoms with Crippen molar-refractivity contribution in [3.63, 3.8) is 0 Å². The molecule has 16 heavy (non-hydrogen) atoms. The van der Waals surface area contributed by atoms with Crippen LogP contribution in [-0.4, -0.2) is 11.5 Å². The highest BCUT2D eigenvalue weighted by Gasteiger charge is 2.44. The van der Waals surface area contributed by atoms with Gasteiger partial charge in [-0.2, -0.15) is 0 Å². The number of H-pyrrole nitrogens is 1. The van der Waals surface area contributed by atoms with E-state index >= 15 is 0 Å². The predicted octanol–water partition coefficient (Wildman–Crippen LogP) is 2.72. The topological polar surface area (TPSA) is 41.8 Å². The van der Waals surface area contributed by atoms with Crippen LogP contribution in [0.25, 0.3) is 10.9 Å². The normalized spacial score (nSPS) is 17.9. The third-order valence-electron chi connectivity index (χ3n) is 3.97. The van der Waals surface area contributed by atoms with Crippen LogP contribution < -0.4 is 5.73 Å². The molecule has 0 unspecified atom stereocenters. The van der Waals surface area contributed by atoms with E-state index in [2.05, 4.69) is 36.3 Å². The van der Waals surface area contributed by atoms with E-state index in [0.717, 1.165) is 13.0 Å². The molecule has 1 heterocycles. The van der Waals surface area contributed by atoms with Crippen LogP contribution >= 0.6 is 0 Å². The fraction of sp³-hybridized carbons (Fsp3) is 0.429. The Morgan fingerprint density at radius 3 is 2.81 bits per heavy atom. The third kappa shape index (κ3) is 1.30. The second-order valence-corrected chi connectivity index (χ2v) is 4.92. The van der Waals surface area contributed by atoms with E-state index in [4.69, 9.17) is 5.73 Å². The molecule has 0 spiro atoms. The Kier molecular flexibility index (Phi) is 2.08. The molecule has 0 radical (unpaired) electrons. The maximum atomic E-state index is 5.89. The lowest BCUT2D eigenvalue weighted by atomic mass is 9.95. The summed E-state index contributed by atoms with van der Waals surface area (Å²) in [6.45, 7) is 2.96. The summed E-state index contributed by atoms with van der Waals surface area (Å²) in [7, 11) is 0. The highest BCUT2D eigenvalue weighted by atomic mass is 14.7. The average Bonchev–Trinajstić information content (AvgIpc) is 3.02. The number of aromatic amines is 1. The Morgan fingerprint density at radius 2 is 2.19 bits per heavy atom. The summed E-state index contributed by atoms with van der Waals surface area (Å²) in [5.74, 6) is 0. The Bertz CT molecular complexity index is 521. The van der Waals surface area contributed by atoms with Crippen molar-refractivity contribution in [3.8, 4) is 0 Å². The number of rotatable bonds is 3. The van der Waals surface area contributed by atoms with Crippen LogP contribution in [-0.2, 0) is 11.8 Å². The molecule has 0 amide bonds. The second kappa shape index (κ2) is 3.36. The Hall–Kier alpha value is -1.28. The van der Waals surface area contributed by atoms with Gasteiger partial charge in [-0.3, -0.25) is 0 Å². The van der Waals surface area contributed by atoms with Gasteiger partial charge < -0.3 is 10.7 Å². The Labute approximate surface area is 95.8 Å². The molecule has 1 aliphatic carbocycles.